The molecule has 1 aliphatic heterocycles. The Balaban J connectivity index is 2.27. The Bertz CT molecular complexity index is 393. The van der Waals surface area contributed by atoms with Gasteiger partial charge in [-0.2, -0.15) is 0 Å². The number of aromatic nitrogens is 1. The normalized spacial score (nSPS) is 25.1. The maximum atomic E-state index is 6.33. The van der Waals surface area contributed by atoms with Crippen molar-refractivity contribution in [1.29, 1.82) is 0 Å². The third-order valence-corrected chi connectivity index (χ3v) is 4.32. The number of likely N-dealkylation sites (N-methyl/N-ethyl adjacent to an activating group) is 1. The van der Waals surface area contributed by atoms with Crippen LogP contribution < -0.4 is 5.73 Å². The summed E-state index contributed by atoms with van der Waals surface area (Å²) in [4.78, 5) is 9.19. The Hall–Kier alpha value is -0.970. The van der Waals surface area contributed by atoms with Gasteiger partial charge in [0.25, 0.3) is 0 Å². The Morgan fingerprint density at radius 2 is 2.05 bits per heavy atom. The van der Waals surface area contributed by atoms with Gasteiger partial charge in [-0.15, -0.1) is 0 Å². The van der Waals surface area contributed by atoms with Gasteiger partial charge in [-0.05, 0) is 51.1 Å². The third kappa shape index (κ3) is 3.57. The fraction of sp³-hybridized carbons (Fsp3) is 0.688. The van der Waals surface area contributed by atoms with Crippen molar-refractivity contribution in [3.8, 4) is 0 Å². The molecular weight excluding hydrogens is 248 g/mol. The molecule has 0 bridgehead atoms. The van der Waals surface area contributed by atoms with Crippen LogP contribution in [0.3, 0.4) is 0 Å². The van der Waals surface area contributed by atoms with E-state index in [1.54, 1.807) is 0 Å². The molecule has 1 saturated heterocycles. The van der Waals surface area contributed by atoms with Gasteiger partial charge < -0.3 is 10.6 Å². The van der Waals surface area contributed by atoms with E-state index in [0.29, 0.717) is 6.04 Å². The predicted molar refractivity (Wildman–Crippen MR) is 83.5 cm³/mol. The van der Waals surface area contributed by atoms with Crippen molar-refractivity contribution in [2.45, 2.75) is 44.8 Å². The van der Waals surface area contributed by atoms with E-state index in [9.17, 15) is 0 Å². The topological polar surface area (TPSA) is 45.4 Å². The number of nitrogens with two attached hydrogens (primary N) is 1. The van der Waals surface area contributed by atoms with E-state index >= 15 is 0 Å². The zero-order chi connectivity index (χ0) is 14.5. The van der Waals surface area contributed by atoms with E-state index in [1.807, 2.05) is 12.4 Å². The fourth-order valence-corrected chi connectivity index (χ4v) is 3.35. The molecule has 3 atom stereocenters. The van der Waals surface area contributed by atoms with Crippen molar-refractivity contribution in [2.75, 3.05) is 26.7 Å². The SMILES string of the molecule is CCC1CN(C)CCCN1C(c1ccncc1)C(C)N. The molecule has 1 aromatic heterocycles. The van der Waals surface area contributed by atoms with Gasteiger partial charge in [0, 0.05) is 37.6 Å². The van der Waals surface area contributed by atoms with Crippen molar-refractivity contribution < 1.29 is 0 Å². The second-order valence-electron chi connectivity index (χ2n) is 6.00. The number of hydrogen-bond donors (Lipinski definition) is 1. The standard InChI is InChI=1S/C16H28N4/c1-4-15-12-19(3)10-5-11-20(15)16(13(2)17)14-6-8-18-9-7-14/h6-9,13,15-16H,4-5,10-12,17H2,1-3H3. The minimum Gasteiger partial charge on any atom is -0.326 e. The van der Waals surface area contributed by atoms with Crippen LogP contribution in [0.25, 0.3) is 0 Å². The highest BCUT2D eigenvalue weighted by atomic mass is 15.3. The minimum atomic E-state index is 0.120. The Morgan fingerprint density at radius 3 is 2.65 bits per heavy atom. The van der Waals surface area contributed by atoms with Crippen molar-refractivity contribution in [3.63, 3.8) is 0 Å². The van der Waals surface area contributed by atoms with Crippen LogP contribution in [0.2, 0.25) is 0 Å². The predicted octanol–water partition coefficient (Wildman–Crippen LogP) is 1.89. The number of nitrogens with zero attached hydrogens (tertiary/aromatic N) is 3. The van der Waals surface area contributed by atoms with Crippen LogP contribution in [-0.2, 0) is 0 Å². The van der Waals surface area contributed by atoms with Crippen LogP contribution in [0.15, 0.2) is 24.5 Å². The Morgan fingerprint density at radius 1 is 1.35 bits per heavy atom. The molecule has 1 fully saturated rings. The van der Waals surface area contributed by atoms with Crippen molar-refractivity contribution in [3.05, 3.63) is 30.1 Å². The zero-order valence-corrected chi connectivity index (χ0v) is 13.0. The van der Waals surface area contributed by atoms with Crippen LogP contribution in [0.4, 0.5) is 0 Å². The highest BCUT2D eigenvalue weighted by molar-refractivity contribution is 5.17. The maximum Gasteiger partial charge on any atom is 0.0501 e. The molecule has 0 amide bonds. The van der Waals surface area contributed by atoms with Crippen LogP contribution in [0.1, 0.15) is 38.3 Å². The van der Waals surface area contributed by atoms with Crippen LogP contribution in [-0.4, -0.2) is 53.5 Å². The minimum absolute atomic E-state index is 0.120. The summed E-state index contributed by atoms with van der Waals surface area (Å²) < 4.78 is 0. The van der Waals surface area contributed by atoms with Gasteiger partial charge in [0.1, 0.15) is 0 Å². The highest BCUT2D eigenvalue weighted by Crippen LogP contribution is 2.28. The molecule has 4 heteroatoms. The quantitative estimate of drug-likeness (QED) is 0.912. The summed E-state index contributed by atoms with van der Waals surface area (Å²) in [5.74, 6) is 0. The third-order valence-electron chi connectivity index (χ3n) is 4.32. The number of rotatable bonds is 4. The molecule has 2 rings (SSSR count). The number of hydrogen-bond acceptors (Lipinski definition) is 4. The summed E-state index contributed by atoms with van der Waals surface area (Å²) in [5, 5.41) is 0. The Kier molecular flexibility index (Phi) is 5.52. The van der Waals surface area contributed by atoms with Crippen LogP contribution in [0, 0.1) is 0 Å². The lowest BCUT2D eigenvalue weighted by atomic mass is 9.97. The van der Waals surface area contributed by atoms with Gasteiger partial charge in [0.15, 0.2) is 0 Å². The van der Waals surface area contributed by atoms with E-state index in [1.165, 1.54) is 24.9 Å². The van der Waals surface area contributed by atoms with Crippen LogP contribution >= 0.6 is 0 Å². The largest absolute Gasteiger partial charge is 0.326 e. The lowest BCUT2D eigenvalue weighted by Crippen LogP contribution is -2.47. The van der Waals surface area contributed by atoms with E-state index in [0.717, 1.165) is 13.1 Å². The average Bonchev–Trinajstić information content (AvgIpc) is 2.62. The molecule has 112 valence electrons. The second kappa shape index (κ2) is 7.16. The van der Waals surface area contributed by atoms with Crippen LogP contribution in [0.5, 0.6) is 0 Å². The lowest BCUT2D eigenvalue weighted by molar-refractivity contribution is 0.113. The molecule has 2 heterocycles. The first kappa shape index (κ1) is 15.4. The summed E-state index contributed by atoms with van der Waals surface area (Å²) in [6.45, 7) is 7.82. The summed E-state index contributed by atoms with van der Waals surface area (Å²) in [6.07, 6.45) is 6.12. The lowest BCUT2D eigenvalue weighted by Gasteiger charge is -2.39. The molecule has 0 spiro atoms. The van der Waals surface area contributed by atoms with E-state index < -0.39 is 0 Å². The van der Waals surface area contributed by atoms with Gasteiger partial charge in [-0.25, -0.2) is 0 Å². The molecule has 2 N–H and O–H groups in total. The molecule has 4 nitrogen and oxygen atoms in total. The van der Waals surface area contributed by atoms with Crippen molar-refractivity contribution in [1.82, 2.24) is 14.8 Å². The molecule has 0 radical (unpaired) electrons. The monoisotopic (exact) mass is 276 g/mol. The van der Waals surface area contributed by atoms with E-state index in [4.69, 9.17) is 5.73 Å². The maximum absolute atomic E-state index is 6.33. The van der Waals surface area contributed by atoms with Gasteiger partial charge in [0.2, 0.25) is 0 Å². The van der Waals surface area contributed by atoms with Gasteiger partial charge in [-0.3, -0.25) is 9.88 Å². The smallest absolute Gasteiger partial charge is 0.0501 e. The second-order valence-corrected chi connectivity index (χ2v) is 6.00. The molecule has 1 aliphatic rings. The van der Waals surface area contributed by atoms with E-state index in [2.05, 4.69) is 47.8 Å². The molecule has 20 heavy (non-hydrogen) atoms. The first-order chi connectivity index (χ1) is 9.63. The first-order valence-corrected chi connectivity index (χ1v) is 7.73. The molecular formula is C16H28N4. The first-order valence-electron chi connectivity index (χ1n) is 7.73. The summed E-state index contributed by atoms with van der Waals surface area (Å²) >= 11 is 0. The average molecular weight is 276 g/mol. The summed E-state index contributed by atoms with van der Waals surface area (Å²) in [5.41, 5.74) is 7.62. The summed E-state index contributed by atoms with van der Waals surface area (Å²) in [7, 11) is 2.22. The van der Waals surface area contributed by atoms with Crippen molar-refractivity contribution in [2.24, 2.45) is 5.73 Å². The van der Waals surface area contributed by atoms with E-state index in [-0.39, 0.29) is 12.1 Å². The molecule has 0 aliphatic carbocycles. The fourth-order valence-electron chi connectivity index (χ4n) is 3.35. The zero-order valence-electron chi connectivity index (χ0n) is 13.0. The molecule has 1 aromatic rings. The van der Waals surface area contributed by atoms with Crippen molar-refractivity contribution >= 4 is 0 Å². The van der Waals surface area contributed by atoms with Gasteiger partial charge >= 0.3 is 0 Å². The van der Waals surface area contributed by atoms with Gasteiger partial charge in [0.05, 0.1) is 6.04 Å². The van der Waals surface area contributed by atoms with Gasteiger partial charge in [-0.1, -0.05) is 6.92 Å². The highest BCUT2D eigenvalue weighted by Gasteiger charge is 2.31. The molecule has 0 saturated carbocycles. The Labute approximate surface area is 123 Å². The molecule has 3 unspecified atom stereocenters. The molecule has 0 aromatic carbocycles. The summed E-state index contributed by atoms with van der Waals surface area (Å²) in [6, 6.07) is 5.20. The number of pyridine rings is 1.